The summed E-state index contributed by atoms with van der Waals surface area (Å²) in [4.78, 5) is 14.8. The van der Waals surface area contributed by atoms with Crippen LogP contribution in [0.25, 0.3) is 48.8 Å². The summed E-state index contributed by atoms with van der Waals surface area (Å²) in [6, 6.07) is 19.7. The van der Waals surface area contributed by atoms with Crippen molar-refractivity contribution >= 4 is 68.0 Å². The Kier molecular flexibility index (Phi) is 22.6. The molecule has 6 aromatic rings. The zero-order valence-corrected chi connectivity index (χ0v) is 43.9. The van der Waals surface area contributed by atoms with Gasteiger partial charge in [0.25, 0.3) is 0 Å². The molecular formula is C56H78S6. The smallest absolute Gasteiger partial charge is 0.0484 e. The molecule has 0 aliphatic rings. The minimum absolute atomic E-state index is 1.20. The first kappa shape index (κ1) is 49.6. The van der Waals surface area contributed by atoms with E-state index in [4.69, 9.17) is 0 Å². The van der Waals surface area contributed by atoms with Gasteiger partial charge < -0.3 is 0 Å². The fourth-order valence-electron chi connectivity index (χ4n) is 8.91. The Balaban J connectivity index is 1.19. The molecule has 0 fully saturated rings. The lowest BCUT2D eigenvalue weighted by atomic mass is 10.0. The molecule has 0 aliphatic carbocycles. The molecule has 0 N–H and O–H groups in total. The molecule has 6 heterocycles. The molecule has 0 saturated carbocycles. The number of unbranched alkanes of at least 4 members (excludes halogenated alkanes) is 20. The molecule has 0 radical (unpaired) electrons. The van der Waals surface area contributed by atoms with E-state index in [9.17, 15) is 0 Å². The van der Waals surface area contributed by atoms with Gasteiger partial charge in [0, 0.05) is 48.8 Å². The fourth-order valence-corrected chi connectivity index (χ4v) is 15.9. The summed E-state index contributed by atoms with van der Waals surface area (Å²) in [5.41, 5.74) is 6.35. The molecule has 0 aliphatic heterocycles. The minimum Gasteiger partial charge on any atom is -0.143 e. The van der Waals surface area contributed by atoms with Crippen molar-refractivity contribution < 1.29 is 0 Å². The van der Waals surface area contributed by atoms with Crippen LogP contribution >= 0.6 is 68.0 Å². The van der Waals surface area contributed by atoms with Crippen LogP contribution < -0.4 is 0 Å². The zero-order chi connectivity index (χ0) is 43.2. The van der Waals surface area contributed by atoms with Gasteiger partial charge in [-0.15, -0.1) is 68.0 Å². The van der Waals surface area contributed by atoms with Gasteiger partial charge in [-0.3, -0.25) is 0 Å². The van der Waals surface area contributed by atoms with Gasteiger partial charge in [-0.25, -0.2) is 0 Å². The molecule has 6 aromatic heterocycles. The average molecular weight is 944 g/mol. The topological polar surface area (TPSA) is 0 Å². The minimum atomic E-state index is 1.20. The van der Waals surface area contributed by atoms with Crippen LogP contribution in [0.2, 0.25) is 0 Å². The predicted octanol–water partition coefficient (Wildman–Crippen LogP) is 22.0. The molecule has 0 bridgehead atoms. The number of thiophene rings is 6. The summed E-state index contributed by atoms with van der Waals surface area (Å²) in [6.07, 6.45) is 37.4. The summed E-state index contributed by atoms with van der Waals surface area (Å²) in [5.74, 6) is 0. The van der Waals surface area contributed by atoms with Gasteiger partial charge in [0.1, 0.15) is 0 Å². The lowest BCUT2D eigenvalue weighted by Gasteiger charge is -2.06. The lowest BCUT2D eigenvalue weighted by molar-refractivity contribution is 0.607. The Hall–Kier alpha value is -1.80. The molecule has 0 nitrogen and oxygen atoms in total. The number of hydrogen-bond donors (Lipinski definition) is 0. The van der Waals surface area contributed by atoms with Crippen LogP contribution in [0.3, 0.4) is 0 Å². The second kappa shape index (κ2) is 28.3. The van der Waals surface area contributed by atoms with E-state index in [1.165, 1.54) is 209 Å². The van der Waals surface area contributed by atoms with E-state index in [2.05, 4.69) is 110 Å². The summed E-state index contributed by atoms with van der Waals surface area (Å²) in [5, 5.41) is 4.72. The monoisotopic (exact) mass is 942 g/mol. The molecule has 0 unspecified atom stereocenters. The molecule has 0 atom stereocenters. The van der Waals surface area contributed by atoms with E-state index in [1.807, 2.05) is 45.3 Å². The van der Waals surface area contributed by atoms with Gasteiger partial charge in [0.15, 0.2) is 0 Å². The Bertz CT molecular complexity index is 1940. The van der Waals surface area contributed by atoms with Crippen molar-refractivity contribution in [1.29, 1.82) is 0 Å². The fraction of sp³-hybridized carbons (Fsp3) is 0.571. The van der Waals surface area contributed by atoms with Gasteiger partial charge >= 0.3 is 0 Å². The zero-order valence-electron chi connectivity index (χ0n) is 39.0. The van der Waals surface area contributed by atoms with Crippen LogP contribution in [-0.4, -0.2) is 0 Å². The predicted molar refractivity (Wildman–Crippen MR) is 289 cm³/mol. The van der Waals surface area contributed by atoms with Crippen molar-refractivity contribution in [3.63, 3.8) is 0 Å². The molecular weight excluding hydrogens is 865 g/mol. The van der Waals surface area contributed by atoms with Gasteiger partial charge in [-0.2, -0.15) is 0 Å². The Labute approximate surface area is 402 Å². The second-order valence-corrected chi connectivity index (χ2v) is 24.0. The maximum atomic E-state index is 2.58. The Morgan fingerprint density at radius 3 is 0.903 bits per heavy atom. The van der Waals surface area contributed by atoms with Crippen LogP contribution in [0.4, 0.5) is 0 Å². The molecule has 338 valence electrons. The van der Waals surface area contributed by atoms with Gasteiger partial charge in [0.2, 0.25) is 0 Å². The van der Waals surface area contributed by atoms with Gasteiger partial charge in [-0.05, 0) is 133 Å². The van der Waals surface area contributed by atoms with Gasteiger partial charge in [-0.1, -0.05) is 156 Å². The average Bonchev–Trinajstić information content (AvgIpc) is 4.14. The third kappa shape index (κ3) is 15.1. The van der Waals surface area contributed by atoms with Crippen molar-refractivity contribution in [3.05, 3.63) is 81.5 Å². The SMILES string of the molecule is CCCCCCCCc1ccsc1-c1sc(-c2ccc(-c3ccc(-c4cc(CCCCCCCC)c(-c5sccc5CCCCCCCC)s4)s3)s2)cc1CCCCCCCC. The molecule has 6 heteroatoms. The third-order valence-corrected chi connectivity index (χ3v) is 20.0. The first-order chi connectivity index (χ1) is 30.6. The normalized spacial score (nSPS) is 11.7. The highest BCUT2D eigenvalue weighted by molar-refractivity contribution is 7.30. The molecule has 6 rings (SSSR count). The quantitative estimate of drug-likeness (QED) is 0.0361. The summed E-state index contributed by atoms with van der Waals surface area (Å²) < 4.78 is 0. The largest absolute Gasteiger partial charge is 0.143 e. The van der Waals surface area contributed by atoms with E-state index in [0.717, 1.165) is 0 Å². The van der Waals surface area contributed by atoms with Crippen LogP contribution in [-0.2, 0) is 25.7 Å². The van der Waals surface area contributed by atoms with Crippen molar-refractivity contribution in [1.82, 2.24) is 0 Å². The highest BCUT2D eigenvalue weighted by Gasteiger charge is 2.20. The number of aryl methyl sites for hydroxylation is 4. The molecule has 0 aromatic carbocycles. The molecule has 62 heavy (non-hydrogen) atoms. The third-order valence-electron chi connectivity index (χ3n) is 12.7. The van der Waals surface area contributed by atoms with Crippen molar-refractivity contribution in [2.45, 2.75) is 207 Å². The molecule has 0 spiro atoms. The second-order valence-electron chi connectivity index (χ2n) is 17.9. The van der Waals surface area contributed by atoms with Crippen LogP contribution in [0, 0.1) is 0 Å². The van der Waals surface area contributed by atoms with E-state index in [0.29, 0.717) is 0 Å². The van der Waals surface area contributed by atoms with Crippen molar-refractivity contribution in [3.8, 4) is 48.8 Å². The maximum Gasteiger partial charge on any atom is 0.0484 e. The van der Waals surface area contributed by atoms with Gasteiger partial charge in [0.05, 0.1) is 0 Å². The van der Waals surface area contributed by atoms with Crippen molar-refractivity contribution in [2.75, 3.05) is 0 Å². The molecule has 0 saturated heterocycles. The van der Waals surface area contributed by atoms with E-state index >= 15 is 0 Å². The van der Waals surface area contributed by atoms with E-state index in [1.54, 1.807) is 41.8 Å². The summed E-state index contributed by atoms with van der Waals surface area (Å²) in [6.45, 7) is 9.27. The first-order valence-electron chi connectivity index (χ1n) is 25.2. The first-order valence-corrected chi connectivity index (χ1v) is 30.3. The summed E-state index contributed by atoms with van der Waals surface area (Å²) in [7, 11) is 0. The Morgan fingerprint density at radius 1 is 0.274 bits per heavy atom. The van der Waals surface area contributed by atoms with E-state index in [-0.39, 0.29) is 0 Å². The van der Waals surface area contributed by atoms with Crippen LogP contribution in [0.5, 0.6) is 0 Å². The van der Waals surface area contributed by atoms with E-state index < -0.39 is 0 Å². The lowest BCUT2D eigenvalue weighted by Crippen LogP contribution is -1.89. The van der Waals surface area contributed by atoms with Crippen LogP contribution in [0.15, 0.2) is 59.3 Å². The van der Waals surface area contributed by atoms with Crippen LogP contribution in [0.1, 0.15) is 204 Å². The highest BCUT2D eigenvalue weighted by atomic mass is 32.1. The van der Waals surface area contributed by atoms with Crippen molar-refractivity contribution in [2.24, 2.45) is 0 Å². The summed E-state index contributed by atoms with van der Waals surface area (Å²) >= 11 is 12.1. The number of rotatable bonds is 33. The maximum absolute atomic E-state index is 2.58. The number of hydrogen-bond acceptors (Lipinski definition) is 6. The highest BCUT2D eigenvalue weighted by Crippen LogP contribution is 2.49. The Morgan fingerprint density at radius 2 is 0.565 bits per heavy atom. The molecule has 0 amide bonds. The standard InChI is InChI=1S/C56H78S6/c1-5-9-13-17-21-25-29-43-37-39-57-53(43)55-45(31-27-23-19-15-11-7-3)41-51(61-55)49-35-33-47(59-49)48-34-36-50(60-48)52-42-46(32-28-24-20-16-12-8-4)56(62-52)54-44(38-40-58-54)30-26-22-18-14-10-6-2/h33-42H,5-32H2,1-4H3.